The number of rotatable bonds is 1. The fourth-order valence-electron chi connectivity index (χ4n) is 2.38. The maximum Gasteiger partial charge on any atom is 0.219 e. The molecule has 0 unspecified atom stereocenters. The van der Waals surface area contributed by atoms with E-state index in [1.807, 2.05) is 22.4 Å². The van der Waals surface area contributed by atoms with Crippen molar-refractivity contribution in [1.82, 2.24) is 24.5 Å². The van der Waals surface area contributed by atoms with Gasteiger partial charge < -0.3 is 9.80 Å². The summed E-state index contributed by atoms with van der Waals surface area (Å²) in [5, 5.41) is 8.25. The Morgan fingerprint density at radius 1 is 1.21 bits per heavy atom. The van der Waals surface area contributed by atoms with Crippen molar-refractivity contribution in [1.29, 1.82) is 0 Å². The molecule has 1 aliphatic rings. The van der Waals surface area contributed by atoms with Gasteiger partial charge in [-0.15, -0.1) is 10.2 Å². The Balaban J connectivity index is 1.88. The number of hydrogen-bond acceptors (Lipinski definition) is 5. The molecular formula is C12H16N6O. The topological polar surface area (TPSA) is 66.6 Å². The molecule has 0 aromatic carbocycles. The minimum atomic E-state index is 0.129. The van der Waals surface area contributed by atoms with E-state index in [1.165, 1.54) is 0 Å². The van der Waals surface area contributed by atoms with Crippen molar-refractivity contribution >= 4 is 17.4 Å². The van der Waals surface area contributed by atoms with E-state index in [0.717, 1.165) is 43.5 Å². The summed E-state index contributed by atoms with van der Waals surface area (Å²) in [5.74, 6) is 1.82. The van der Waals surface area contributed by atoms with Crippen LogP contribution in [-0.4, -0.2) is 56.6 Å². The van der Waals surface area contributed by atoms with Crippen molar-refractivity contribution in [2.75, 3.05) is 31.1 Å². The Morgan fingerprint density at radius 2 is 1.95 bits per heavy atom. The second kappa shape index (κ2) is 4.49. The summed E-state index contributed by atoms with van der Waals surface area (Å²) < 4.78 is 1.93. The van der Waals surface area contributed by atoms with Crippen LogP contribution in [0.5, 0.6) is 0 Å². The summed E-state index contributed by atoms with van der Waals surface area (Å²) in [4.78, 5) is 19.7. The molecule has 1 amide bonds. The number of fused-ring (bicyclic) bond motifs is 1. The van der Waals surface area contributed by atoms with Gasteiger partial charge in [-0.2, -0.15) is 0 Å². The summed E-state index contributed by atoms with van der Waals surface area (Å²) >= 11 is 0. The maximum atomic E-state index is 11.3. The monoisotopic (exact) mass is 260 g/mol. The van der Waals surface area contributed by atoms with Crippen molar-refractivity contribution < 1.29 is 4.79 Å². The van der Waals surface area contributed by atoms with Gasteiger partial charge >= 0.3 is 0 Å². The minimum absolute atomic E-state index is 0.129. The number of aromatic nitrogens is 4. The highest BCUT2D eigenvalue weighted by atomic mass is 16.2. The van der Waals surface area contributed by atoms with Gasteiger partial charge in [0.1, 0.15) is 5.82 Å². The van der Waals surface area contributed by atoms with Crippen molar-refractivity contribution in [3.8, 4) is 0 Å². The van der Waals surface area contributed by atoms with Crippen LogP contribution in [0.1, 0.15) is 12.7 Å². The fraction of sp³-hybridized carbons (Fsp3) is 0.500. The number of aryl methyl sites for hydroxylation is 1. The van der Waals surface area contributed by atoms with Crippen LogP contribution >= 0.6 is 0 Å². The number of piperazine rings is 1. The van der Waals surface area contributed by atoms with Crippen LogP contribution in [-0.2, 0) is 4.79 Å². The standard InChI is InChI=1S/C12H16N6O/c1-9-14-15-12-11(13-3-4-18(9)12)17-7-5-16(6-8-17)10(2)19/h3-4H,5-8H2,1-2H3. The highest BCUT2D eigenvalue weighted by molar-refractivity contribution is 5.74. The molecule has 0 bridgehead atoms. The second-order valence-electron chi connectivity index (χ2n) is 4.68. The Kier molecular flexibility index (Phi) is 2.81. The van der Waals surface area contributed by atoms with Crippen LogP contribution in [0.15, 0.2) is 12.4 Å². The molecule has 0 aliphatic carbocycles. The quantitative estimate of drug-likeness (QED) is 0.727. The van der Waals surface area contributed by atoms with E-state index in [1.54, 1.807) is 13.1 Å². The molecule has 19 heavy (non-hydrogen) atoms. The zero-order valence-corrected chi connectivity index (χ0v) is 11.1. The maximum absolute atomic E-state index is 11.3. The molecule has 0 radical (unpaired) electrons. The summed E-state index contributed by atoms with van der Waals surface area (Å²) in [6, 6.07) is 0. The third-order valence-corrected chi connectivity index (χ3v) is 3.50. The summed E-state index contributed by atoms with van der Waals surface area (Å²) in [6.45, 7) is 6.53. The third-order valence-electron chi connectivity index (χ3n) is 3.50. The molecule has 0 N–H and O–H groups in total. The Morgan fingerprint density at radius 3 is 2.63 bits per heavy atom. The lowest BCUT2D eigenvalue weighted by Gasteiger charge is -2.34. The molecule has 3 rings (SSSR count). The van der Waals surface area contributed by atoms with Crippen molar-refractivity contribution in [3.63, 3.8) is 0 Å². The van der Waals surface area contributed by atoms with Gasteiger partial charge in [0, 0.05) is 45.5 Å². The molecule has 7 heteroatoms. The van der Waals surface area contributed by atoms with Crippen LogP contribution in [0.2, 0.25) is 0 Å². The molecule has 2 aromatic rings. The van der Waals surface area contributed by atoms with E-state index < -0.39 is 0 Å². The van der Waals surface area contributed by atoms with E-state index in [9.17, 15) is 4.79 Å². The van der Waals surface area contributed by atoms with Gasteiger partial charge in [0.25, 0.3) is 0 Å². The van der Waals surface area contributed by atoms with E-state index >= 15 is 0 Å². The molecule has 0 atom stereocenters. The van der Waals surface area contributed by atoms with Crippen LogP contribution in [0.3, 0.4) is 0 Å². The molecule has 0 saturated carbocycles. The first-order chi connectivity index (χ1) is 9.16. The predicted molar refractivity (Wildman–Crippen MR) is 70.0 cm³/mol. The second-order valence-corrected chi connectivity index (χ2v) is 4.68. The SMILES string of the molecule is CC(=O)N1CCN(c2nccn3c(C)nnc23)CC1. The van der Waals surface area contributed by atoms with Crippen molar-refractivity contribution in [2.24, 2.45) is 0 Å². The Labute approximate surface area is 110 Å². The van der Waals surface area contributed by atoms with Gasteiger partial charge in [0.05, 0.1) is 0 Å². The minimum Gasteiger partial charge on any atom is -0.350 e. The van der Waals surface area contributed by atoms with Gasteiger partial charge in [-0.3, -0.25) is 9.20 Å². The number of nitrogens with zero attached hydrogens (tertiary/aromatic N) is 6. The van der Waals surface area contributed by atoms with Crippen LogP contribution in [0, 0.1) is 6.92 Å². The number of carbonyl (C=O) groups is 1. The first-order valence-electron chi connectivity index (χ1n) is 6.33. The number of hydrogen-bond donors (Lipinski definition) is 0. The normalized spacial score (nSPS) is 16.1. The summed E-state index contributed by atoms with van der Waals surface area (Å²) in [5.41, 5.74) is 0.774. The molecule has 0 spiro atoms. The fourth-order valence-corrected chi connectivity index (χ4v) is 2.38. The molecule has 1 aliphatic heterocycles. The van der Waals surface area contributed by atoms with Gasteiger partial charge in [-0.1, -0.05) is 0 Å². The molecular weight excluding hydrogens is 244 g/mol. The molecule has 1 fully saturated rings. The highest BCUT2D eigenvalue weighted by Gasteiger charge is 2.22. The Hall–Kier alpha value is -2.18. The lowest BCUT2D eigenvalue weighted by molar-refractivity contribution is -0.129. The average Bonchev–Trinajstić information content (AvgIpc) is 2.81. The van der Waals surface area contributed by atoms with Gasteiger partial charge in [-0.05, 0) is 6.92 Å². The van der Waals surface area contributed by atoms with Crippen LogP contribution in [0.25, 0.3) is 5.65 Å². The largest absolute Gasteiger partial charge is 0.350 e. The third kappa shape index (κ3) is 2.00. The molecule has 1 saturated heterocycles. The molecule has 7 nitrogen and oxygen atoms in total. The Bertz CT molecular complexity index is 614. The zero-order chi connectivity index (χ0) is 13.4. The van der Waals surface area contributed by atoms with Crippen molar-refractivity contribution in [2.45, 2.75) is 13.8 Å². The lowest BCUT2D eigenvalue weighted by atomic mass is 10.3. The first kappa shape index (κ1) is 11.9. The molecule has 3 heterocycles. The molecule has 2 aromatic heterocycles. The number of anilines is 1. The van der Waals surface area contributed by atoms with Crippen LogP contribution in [0.4, 0.5) is 5.82 Å². The van der Waals surface area contributed by atoms with E-state index in [2.05, 4.69) is 20.1 Å². The average molecular weight is 260 g/mol. The molecule has 100 valence electrons. The van der Waals surface area contributed by atoms with E-state index in [-0.39, 0.29) is 5.91 Å². The van der Waals surface area contributed by atoms with E-state index in [0.29, 0.717) is 0 Å². The van der Waals surface area contributed by atoms with E-state index in [4.69, 9.17) is 0 Å². The van der Waals surface area contributed by atoms with Gasteiger partial charge in [-0.25, -0.2) is 4.98 Å². The highest BCUT2D eigenvalue weighted by Crippen LogP contribution is 2.18. The first-order valence-corrected chi connectivity index (χ1v) is 6.33. The van der Waals surface area contributed by atoms with Crippen molar-refractivity contribution in [3.05, 3.63) is 18.2 Å². The van der Waals surface area contributed by atoms with Crippen LogP contribution < -0.4 is 4.90 Å². The zero-order valence-electron chi connectivity index (χ0n) is 11.1. The van der Waals surface area contributed by atoms with Gasteiger partial charge in [0.2, 0.25) is 11.6 Å². The summed E-state index contributed by atoms with van der Waals surface area (Å²) in [6.07, 6.45) is 3.62. The number of amides is 1. The summed E-state index contributed by atoms with van der Waals surface area (Å²) in [7, 11) is 0. The number of carbonyl (C=O) groups excluding carboxylic acids is 1. The smallest absolute Gasteiger partial charge is 0.219 e. The predicted octanol–water partition coefficient (Wildman–Crippen LogP) is 0.101. The van der Waals surface area contributed by atoms with Gasteiger partial charge in [0.15, 0.2) is 5.82 Å². The lowest BCUT2D eigenvalue weighted by Crippen LogP contribution is -2.48.